The zero-order valence-corrected chi connectivity index (χ0v) is 7.70. The third-order valence-electron chi connectivity index (χ3n) is 1.04. The fourth-order valence-electron chi connectivity index (χ4n) is 0.347. The van der Waals surface area contributed by atoms with Crippen molar-refractivity contribution >= 4 is 22.0 Å². The largest absolute Gasteiger partial charge is 0.276 e. The summed E-state index contributed by atoms with van der Waals surface area (Å²) in [4.78, 5) is 0. The van der Waals surface area contributed by atoms with E-state index in [-0.39, 0.29) is 0 Å². The van der Waals surface area contributed by atoms with Crippen molar-refractivity contribution in [2.24, 2.45) is 5.14 Å². The molecule has 2 N–H and O–H groups in total. The van der Waals surface area contributed by atoms with E-state index >= 15 is 0 Å². The average Bonchev–Trinajstić information content (AvgIpc) is 1.80. The van der Waals surface area contributed by atoms with Crippen LogP contribution in [0.1, 0.15) is 0 Å². The molecule has 0 amide bonds. The highest BCUT2D eigenvalue weighted by Gasteiger charge is 2.09. The summed E-state index contributed by atoms with van der Waals surface area (Å²) in [6, 6.07) is 0. The highest BCUT2D eigenvalue weighted by Crippen LogP contribution is 1.95. The van der Waals surface area contributed by atoms with Crippen molar-refractivity contribution in [2.45, 2.75) is 0 Å². The fourth-order valence-corrected chi connectivity index (χ4v) is 1.26. The molecule has 4 nitrogen and oxygen atoms in total. The van der Waals surface area contributed by atoms with Crippen LogP contribution in [-0.4, -0.2) is 38.3 Å². The summed E-state index contributed by atoms with van der Waals surface area (Å²) < 4.78 is 22.2. The van der Waals surface area contributed by atoms with E-state index in [9.17, 15) is 8.42 Å². The molecule has 0 aliphatic rings. The number of nitrogens with zero attached hydrogens (tertiary/aromatic N) is 1. The van der Waals surface area contributed by atoms with E-state index in [2.05, 4.69) is 0 Å². The Morgan fingerprint density at radius 1 is 1.60 bits per heavy atom. The zero-order valence-electron chi connectivity index (χ0n) is 6.07. The number of nitrogens with two attached hydrogens (primary N) is 1. The maximum absolute atomic E-state index is 10.5. The smallest absolute Gasteiger partial charge is 0.216 e. The van der Waals surface area contributed by atoms with Crippen molar-refractivity contribution in [1.82, 2.24) is 4.31 Å². The van der Waals surface area contributed by atoms with E-state index < -0.39 is 10.2 Å². The molecule has 6 heteroatoms. The highest BCUT2D eigenvalue weighted by atomic mass is 32.2. The summed E-state index contributed by atoms with van der Waals surface area (Å²) in [5.41, 5.74) is 0. The number of thioether (sulfide) groups is 1. The van der Waals surface area contributed by atoms with Gasteiger partial charge < -0.3 is 0 Å². The Balaban J connectivity index is 3.75. The molecule has 0 fully saturated rings. The molecule has 0 atom stereocenters. The van der Waals surface area contributed by atoms with Crippen molar-refractivity contribution in [3.63, 3.8) is 0 Å². The van der Waals surface area contributed by atoms with Gasteiger partial charge in [-0.15, -0.1) is 0 Å². The lowest BCUT2D eigenvalue weighted by Gasteiger charge is -2.11. The molecule has 0 aliphatic carbocycles. The van der Waals surface area contributed by atoms with Crippen LogP contribution in [-0.2, 0) is 10.2 Å². The van der Waals surface area contributed by atoms with Gasteiger partial charge in [-0.05, 0) is 6.26 Å². The van der Waals surface area contributed by atoms with Crippen molar-refractivity contribution < 1.29 is 8.42 Å². The van der Waals surface area contributed by atoms with E-state index in [4.69, 9.17) is 5.14 Å². The second-order valence-electron chi connectivity index (χ2n) is 1.86. The molecule has 0 spiro atoms. The van der Waals surface area contributed by atoms with Crippen LogP contribution in [0, 0.1) is 0 Å². The molecule has 0 aromatic carbocycles. The first-order valence-electron chi connectivity index (χ1n) is 2.71. The van der Waals surface area contributed by atoms with Crippen molar-refractivity contribution in [1.29, 1.82) is 0 Å². The van der Waals surface area contributed by atoms with Crippen molar-refractivity contribution in [2.75, 3.05) is 25.6 Å². The van der Waals surface area contributed by atoms with Gasteiger partial charge in [0.15, 0.2) is 0 Å². The van der Waals surface area contributed by atoms with Gasteiger partial charge in [-0.2, -0.15) is 24.5 Å². The summed E-state index contributed by atoms with van der Waals surface area (Å²) in [7, 11) is -1.99. The minimum Gasteiger partial charge on any atom is -0.216 e. The Kier molecular flexibility index (Phi) is 4.26. The van der Waals surface area contributed by atoms with Gasteiger partial charge in [0.1, 0.15) is 0 Å². The quantitative estimate of drug-likeness (QED) is 0.639. The molecule has 10 heavy (non-hydrogen) atoms. The van der Waals surface area contributed by atoms with E-state index in [1.807, 2.05) is 6.26 Å². The van der Waals surface area contributed by atoms with E-state index in [1.165, 1.54) is 7.05 Å². The predicted molar refractivity (Wildman–Crippen MR) is 44.1 cm³/mol. The maximum Gasteiger partial charge on any atom is 0.276 e. The lowest BCUT2D eigenvalue weighted by molar-refractivity contribution is 0.490. The topological polar surface area (TPSA) is 63.4 Å². The summed E-state index contributed by atoms with van der Waals surface area (Å²) >= 11 is 1.58. The van der Waals surface area contributed by atoms with Crippen LogP contribution in [0.2, 0.25) is 0 Å². The van der Waals surface area contributed by atoms with E-state index in [0.29, 0.717) is 6.54 Å². The van der Waals surface area contributed by atoms with Crippen LogP contribution in [0.25, 0.3) is 0 Å². The van der Waals surface area contributed by atoms with Gasteiger partial charge in [0, 0.05) is 19.3 Å². The monoisotopic (exact) mass is 184 g/mol. The lowest BCUT2D eigenvalue weighted by Crippen LogP contribution is -2.34. The van der Waals surface area contributed by atoms with Crippen LogP contribution >= 0.6 is 11.8 Å². The second kappa shape index (κ2) is 4.17. The van der Waals surface area contributed by atoms with Crippen LogP contribution < -0.4 is 5.14 Å². The summed E-state index contributed by atoms with van der Waals surface area (Å²) in [6.07, 6.45) is 1.91. The molecule has 0 unspecified atom stereocenters. The SMILES string of the molecule is CSCCN(C)S(N)(=O)=O. The summed E-state index contributed by atoms with van der Waals surface area (Å²) in [5, 5.41) is 4.81. The van der Waals surface area contributed by atoms with Crippen LogP contribution in [0.5, 0.6) is 0 Å². The van der Waals surface area contributed by atoms with Gasteiger partial charge >= 0.3 is 0 Å². The van der Waals surface area contributed by atoms with Crippen LogP contribution in [0.15, 0.2) is 0 Å². The Hall–Kier alpha value is 0.220. The average molecular weight is 184 g/mol. The minimum atomic E-state index is -3.46. The summed E-state index contributed by atoms with van der Waals surface area (Å²) in [6.45, 7) is 0.472. The van der Waals surface area contributed by atoms with E-state index in [0.717, 1.165) is 10.1 Å². The van der Waals surface area contributed by atoms with Gasteiger partial charge in [0.25, 0.3) is 10.2 Å². The molecule has 0 saturated heterocycles. The minimum absolute atomic E-state index is 0.472. The lowest BCUT2D eigenvalue weighted by atomic mass is 10.8. The molecule has 0 rings (SSSR count). The molecular formula is C4H12N2O2S2. The first-order valence-corrected chi connectivity index (χ1v) is 5.61. The number of hydrogen-bond donors (Lipinski definition) is 1. The molecule has 0 aromatic rings. The summed E-state index contributed by atoms with van der Waals surface area (Å²) in [5.74, 6) is 0.771. The van der Waals surface area contributed by atoms with Gasteiger partial charge in [0.2, 0.25) is 0 Å². The fraction of sp³-hybridized carbons (Fsp3) is 1.00. The van der Waals surface area contributed by atoms with Gasteiger partial charge in [-0.3, -0.25) is 0 Å². The predicted octanol–water partition coefficient (Wildman–Crippen LogP) is -0.515. The van der Waals surface area contributed by atoms with Crippen molar-refractivity contribution in [3.8, 4) is 0 Å². The Bertz CT molecular complexity index is 178. The first-order chi connectivity index (χ1) is 4.48. The van der Waals surface area contributed by atoms with Gasteiger partial charge in [-0.25, -0.2) is 5.14 Å². The van der Waals surface area contributed by atoms with Gasteiger partial charge in [0.05, 0.1) is 0 Å². The maximum atomic E-state index is 10.5. The second-order valence-corrected chi connectivity index (χ2v) is 4.50. The highest BCUT2D eigenvalue weighted by molar-refractivity contribution is 7.98. The Morgan fingerprint density at radius 2 is 2.10 bits per heavy atom. The van der Waals surface area contributed by atoms with Crippen LogP contribution in [0.3, 0.4) is 0 Å². The normalized spacial score (nSPS) is 12.4. The Morgan fingerprint density at radius 3 is 2.40 bits per heavy atom. The van der Waals surface area contributed by atoms with Crippen LogP contribution in [0.4, 0.5) is 0 Å². The first kappa shape index (κ1) is 10.2. The molecule has 0 heterocycles. The van der Waals surface area contributed by atoms with Crippen molar-refractivity contribution in [3.05, 3.63) is 0 Å². The molecule has 0 bridgehead atoms. The molecule has 0 aliphatic heterocycles. The third-order valence-corrected chi connectivity index (χ3v) is 2.69. The molecular weight excluding hydrogens is 172 g/mol. The standard InChI is InChI=1S/C4H12N2O2S2/c1-6(3-4-9-2)10(5,7)8/h3-4H2,1-2H3,(H2,5,7,8). The molecule has 0 saturated carbocycles. The Labute approximate surface area is 66.0 Å². The zero-order chi connectivity index (χ0) is 8.20. The van der Waals surface area contributed by atoms with Gasteiger partial charge in [-0.1, -0.05) is 0 Å². The molecule has 0 radical (unpaired) electrons. The third kappa shape index (κ3) is 4.10. The number of hydrogen-bond acceptors (Lipinski definition) is 3. The molecule has 62 valence electrons. The van der Waals surface area contributed by atoms with E-state index in [1.54, 1.807) is 11.8 Å². The number of rotatable bonds is 4. The molecule has 0 aromatic heterocycles.